The Bertz CT molecular complexity index is 365. The molecule has 9 heteroatoms. The molecule has 0 radical (unpaired) electrons. The lowest BCUT2D eigenvalue weighted by molar-refractivity contribution is -0.192. The third-order valence-electron chi connectivity index (χ3n) is 2.35. The topological polar surface area (TPSA) is 116 Å². The Kier molecular flexibility index (Phi) is 6.85. The summed E-state index contributed by atoms with van der Waals surface area (Å²) in [5.41, 5.74) is 5.42. The summed E-state index contributed by atoms with van der Waals surface area (Å²) in [6, 6.07) is 1.43. The Balaban J connectivity index is 0.000000399. The number of amides is 1. The van der Waals surface area contributed by atoms with E-state index in [1.807, 2.05) is 6.07 Å². The molecule has 1 saturated heterocycles. The fourth-order valence-corrected chi connectivity index (χ4v) is 1.42. The van der Waals surface area contributed by atoms with Gasteiger partial charge in [-0.25, -0.2) is 4.79 Å². The summed E-state index contributed by atoms with van der Waals surface area (Å²) >= 11 is 0. The van der Waals surface area contributed by atoms with Gasteiger partial charge in [0.05, 0.1) is 12.1 Å². The maximum atomic E-state index is 11.2. The molecule has 19 heavy (non-hydrogen) atoms. The van der Waals surface area contributed by atoms with E-state index in [4.69, 9.17) is 20.9 Å². The predicted molar refractivity (Wildman–Crippen MR) is 57.6 cm³/mol. The summed E-state index contributed by atoms with van der Waals surface area (Å²) in [6.45, 7) is 0.761. The highest BCUT2D eigenvalue weighted by molar-refractivity contribution is 5.79. The number of carbonyl (C=O) groups is 2. The van der Waals surface area contributed by atoms with Crippen LogP contribution in [0, 0.1) is 17.2 Å². The number of piperidine rings is 1. The second kappa shape index (κ2) is 7.58. The van der Waals surface area contributed by atoms with Crippen LogP contribution in [0.5, 0.6) is 0 Å². The van der Waals surface area contributed by atoms with Gasteiger partial charge in [-0.15, -0.1) is 0 Å². The number of nitrogens with zero attached hydrogens (tertiary/aromatic N) is 1. The molecule has 0 spiro atoms. The number of nitriles is 1. The van der Waals surface area contributed by atoms with Gasteiger partial charge in [-0.2, -0.15) is 18.4 Å². The zero-order valence-electron chi connectivity index (χ0n) is 9.91. The SMILES string of the molecule is N#C[C@@H](N)C[C@@H]1CCCNC1=O.O=C(O)C(F)(F)F. The largest absolute Gasteiger partial charge is 0.490 e. The van der Waals surface area contributed by atoms with Gasteiger partial charge in [0.15, 0.2) is 0 Å². The molecule has 0 aromatic heterocycles. The summed E-state index contributed by atoms with van der Waals surface area (Å²) in [5, 5.41) is 18.3. The van der Waals surface area contributed by atoms with Crippen LogP contribution in [0.25, 0.3) is 0 Å². The average Bonchev–Trinajstić information content (AvgIpc) is 2.31. The average molecular weight is 281 g/mol. The number of carbonyl (C=O) groups excluding carboxylic acids is 1. The van der Waals surface area contributed by atoms with Crippen LogP contribution in [0.15, 0.2) is 0 Å². The lowest BCUT2D eigenvalue weighted by atomic mass is 9.92. The highest BCUT2D eigenvalue weighted by Gasteiger charge is 2.38. The van der Waals surface area contributed by atoms with E-state index in [9.17, 15) is 18.0 Å². The predicted octanol–water partition coefficient (Wildman–Crippen LogP) is 0.387. The zero-order valence-corrected chi connectivity index (χ0v) is 9.91. The Hall–Kier alpha value is -1.82. The molecule has 2 atom stereocenters. The highest BCUT2D eigenvalue weighted by Crippen LogP contribution is 2.16. The van der Waals surface area contributed by atoms with Crippen molar-refractivity contribution in [1.82, 2.24) is 5.32 Å². The van der Waals surface area contributed by atoms with E-state index in [-0.39, 0.29) is 11.8 Å². The molecule has 1 rings (SSSR count). The van der Waals surface area contributed by atoms with Crippen molar-refractivity contribution in [1.29, 1.82) is 5.26 Å². The number of halogens is 3. The molecule has 0 unspecified atom stereocenters. The smallest absolute Gasteiger partial charge is 0.475 e. The molecule has 108 valence electrons. The van der Waals surface area contributed by atoms with Crippen molar-refractivity contribution in [2.45, 2.75) is 31.5 Å². The zero-order chi connectivity index (χ0) is 15.1. The summed E-state index contributed by atoms with van der Waals surface area (Å²) in [6.07, 6.45) is -2.74. The van der Waals surface area contributed by atoms with Crippen molar-refractivity contribution in [3.05, 3.63) is 0 Å². The van der Waals surface area contributed by atoms with Gasteiger partial charge in [0.2, 0.25) is 5.91 Å². The molecule has 1 aliphatic heterocycles. The van der Waals surface area contributed by atoms with Gasteiger partial charge < -0.3 is 16.2 Å². The van der Waals surface area contributed by atoms with Crippen molar-refractivity contribution in [2.75, 3.05) is 6.54 Å². The van der Waals surface area contributed by atoms with E-state index >= 15 is 0 Å². The maximum absolute atomic E-state index is 11.2. The Labute approximate surface area is 107 Å². The van der Waals surface area contributed by atoms with Crippen molar-refractivity contribution < 1.29 is 27.9 Å². The van der Waals surface area contributed by atoms with Crippen molar-refractivity contribution >= 4 is 11.9 Å². The second-order valence-corrected chi connectivity index (χ2v) is 3.90. The van der Waals surface area contributed by atoms with E-state index < -0.39 is 18.2 Å². The van der Waals surface area contributed by atoms with E-state index in [0.717, 1.165) is 19.4 Å². The van der Waals surface area contributed by atoms with Crippen molar-refractivity contribution in [2.24, 2.45) is 11.7 Å². The number of nitrogens with two attached hydrogens (primary N) is 1. The number of alkyl halides is 3. The Morgan fingerprint density at radius 1 is 1.63 bits per heavy atom. The normalized spacial score (nSPS) is 20.4. The van der Waals surface area contributed by atoms with Crippen LogP contribution in [0.1, 0.15) is 19.3 Å². The standard InChI is InChI=1S/C8H13N3O.C2HF3O2/c9-5-7(10)4-6-2-1-3-11-8(6)12;3-2(4,5)1(6)7/h6-7H,1-4,10H2,(H,11,12);(H,6,7)/t6-,7-;/m0./s1. The molecule has 1 fully saturated rings. The van der Waals surface area contributed by atoms with Crippen LogP contribution in [-0.4, -0.2) is 35.7 Å². The third kappa shape index (κ3) is 7.25. The first-order valence-electron chi connectivity index (χ1n) is 5.41. The summed E-state index contributed by atoms with van der Waals surface area (Å²) in [5.74, 6) is -2.76. The minimum absolute atomic E-state index is 0.0478. The molecule has 6 nitrogen and oxygen atoms in total. The molecular formula is C10H14F3N3O3. The molecular weight excluding hydrogens is 267 g/mol. The lowest BCUT2D eigenvalue weighted by Gasteiger charge is -2.22. The molecule has 0 bridgehead atoms. The third-order valence-corrected chi connectivity index (χ3v) is 2.35. The van der Waals surface area contributed by atoms with Gasteiger partial charge in [0.1, 0.15) is 0 Å². The van der Waals surface area contributed by atoms with Gasteiger partial charge in [0.25, 0.3) is 0 Å². The number of carboxylic acid groups (broad SMARTS) is 1. The number of carboxylic acids is 1. The van der Waals surface area contributed by atoms with Gasteiger partial charge in [-0.3, -0.25) is 4.79 Å². The maximum Gasteiger partial charge on any atom is 0.490 e. The summed E-state index contributed by atoms with van der Waals surface area (Å²) < 4.78 is 31.7. The number of hydrogen-bond acceptors (Lipinski definition) is 4. The van der Waals surface area contributed by atoms with Crippen molar-refractivity contribution in [3.63, 3.8) is 0 Å². The molecule has 1 amide bonds. The van der Waals surface area contributed by atoms with Crippen LogP contribution in [0.2, 0.25) is 0 Å². The minimum atomic E-state index is -5.08. The number of hydrogen-bond donors (Lipinski definition) is 3. The number of aliphatic carboxylic acids is 1. The van der Waals surface area contributed by atoms with Gasteiger partial charge in [-0.1, -0.05) is 0 Å². The second-order valence-electron chi connectivity index (χ2n) is 3.90. The molecule has 1 heterocycles. The molecule has 0 aromatic rings. The highest BCUT2D eigenvalue weighted by atomic mass is 19.4. The number of rotatable bonds is 2. The molecule has 0 aliphatic carbocycles. The van der Waals surface area contributed by atoms with Gasteiger partial charge in [-0.05, 0) is 19.3 Å². The van der Waals surface area contributed by atoms with Gasteiger partial charge >= 0.3 is 12.1 Å². The van der Waals surface area contributed by atoms with Crippen LogP contribution in [0.3, 0.4) is 0 Å². The van der Waals surface area contributed by atoms with E-state index in [2.05, 4.69) is 5.32 Å². The van der Waals surface area contributed by atoms with E-state index in [0.29, 0.717) is 6.42 Å². The van der Waals surface area contributed by atoms with E-state index in [1.165, 1.54) is 0 Å². The first kappa shape index (κ1) is 17.2. The van der Waals surface area contributed by atoms with Crippen LogP contribution in [0.4, 0.5) is 13.2 Å². The van der Waals surface area contributed by atoms with E-state index in [1.54, 1.807) is 0 Å². The first-order chi connectivity index (χ1) is 8.68. The molecule has 1 aliphatic rings. The molecule has 0 saturated carbocycles. The molecule has 4 N–H and O–H groups in total. The van der Waals surface area contributed by atoms with Crippen LogP contribution >= 0.6 is 0 Å². The van der Waals surface area contributed by atoms with Gasteiger partial charge in [0, 0.05) is 12.5 Å². The fourth-order valence-electron chi connectivity index (χ4n) is 1.42. The summed E-state index contributed by atoms with van der Waals surface area (Å²) in [7, 11) is 0. The van der Waals surface area contributed by atoms with Crippen molar-refractivity contribution in [3.8, 4) is 6.07 Å². The van der Waals surface area contributed by atoms with Crippen LogP contribution < -0.4 is 11.1 Å². The molecule has 0 aromatic carbocycles. The first-order valence-corrected chi connectivity index (χ1v) is 5.41. The monoisotopic (exact) mass is 281 g/mol. The fraction of sp³-hybridized carbons (Fsp3) is 0.700. The summed E-state index contributed by atoms with van der Waals surface area (Å²) in [4.78, 5) is 20.1. The lowest BCUT2D eigenvalue weighted by Crippen LogP contribution is -2.39. The Morgan fingerprint density at radius 3 is 2.53 bits per heavy atom. The van der Waals surface area contributed by atoms with Crippen LogP contribution in [-0.2, 0) is 9.59 Å². The Morgan fingerprint density at radius 2 is 2.16 bits per heavy atom. The minimum Gasteiger partial charge on any atom is -0.475 e. The quantitative estimate of drug-likeness (QED) is 0.677. The number of nitrogens with one attached hydrogen (secondary N) is 1.